The maximum Gasteiger partial charge on any atom is 0.336 e. The van der Waals surface area contributed by atoms with Crippen LogP contribution in [0.25, 0.3) is 11.0 Å². The van der Waals surface area contributed by atoms with Gasteiger partial charge in [0.2, 0.25) is 15.9 Å². The summed E-state index contributed by atoms with van der Waals surface area (Å²) in [6.07, 6.45) is 0.405. The lowest BCUT2D eigenvalue weighted by Crippen LogP contribution is -2.50. The van der Waals surface area contributed by atoms with Gasteiger partial charge in [-0.2, -0.15) is 0 Å². The number of carbonyl (C=O) groups is 2. The number of benzene rings is 2. The van der Waals surface area contributed by atoms with Crippen molar-refractivity contribution < 1.29 is 22.7 Å². The van der Waals surface area contributed by atoms with E-state index < -0.39 is 21.5 Å². The summed E-state index contributed by atoms with van der Waals surface area (Å²) in [6, 6.07) is 13.8. The Kier molecular flexibility index (Phi) is 7.42. The Labute approximate surface area is 199 Å². The minimum absolute atomic E-state index is 0.0889. The van der Waals surface area contributed by atoms with E-state index in [-0.39, 0.29) is 17.2 Å². The summed E-state index contributed by atoms with van der Waals surface area (Å²) in [6.45, 7) is 4.18. The van der Waals surface area contributed by atoms with Crippen molar-refractivity contribution in [3.8, 4) is 0 Å². The molecule has 0 aliphatic carbocycles. The Morgan fingerprint density at radius 3 is 2.41 bits per heavy atom. The molecule has 1 heterocycles. The lowest BCUT2D eigenvalue weighted by atomic mass is 9.91. The Hall–Kier alpha value is -3.24. The summed E-state index contributed by atoms with van der Waals surface area (Å²) in [4.78, 5) is 30.1. The maximum atomic E-state index is 12.9. The van der Waals surface area contributed by atoms with Gasteiger partial charge >= 0.3 is 5.97 Å². The van der Waals surface area contributed by atoms with Crippen LogP contribution in [0.1, 0.15) is 31.7 Å². The van der Waals surface area contributed by atoms with Crippen molar-refractivity contribution in [3.63, 3.8) is 0 Å². The van der Waals surface area contributed by atoms with E-state index in [9.17, 15) is 18.0 Å². The van der Waals surface area contributed by atoms with E-state index in [4.69, 9.17) is 4.74 Å². The van der Waals surface area contributed by atoms with Crippen molar-refractivity contribution in [2.45, 2.75) is 43.7 Å². The molecule has 0 fully saturated rings. The number of aromatic nitrogens is 2. The number of esters is 1. The molecule has 10 heteroatoms. The van der Waals surface area contributed by atoms with Crippen molar-refractivity contribution in [3.05, 3.63) is 59.9 Å². The van der Waals surface area contributed by atoms with Gasteiger partial charge in [-0.3, -0.25) is 4.79 Å². The summed E-state index contributed by atoms with van der Waals surface area (Å²) < 4.78 is 33.0. The van der Waals surface area contributed by atoms with Gasteiger partial charge in [-0.05, 0) is 37.6 Å². The molecule has 3 aromatic rings. The van der Waals surface area contributed by atoms with Gasteiger partial charge in [0.15, 0.2) is 5.54 Å². The first kappa shape index (κ1) is 25.4. The zero-order valence-electron chi connectivity index (χ0n) is 20.0. The van der Waals surface area contributed by atoms with Gasteiger partial charge in [0.25, 0.3) is 0 Å². The summed E-state index contributed by atoms with van der Waals surface area (Å²) in [7, 11) is 0.652. The van der Waals surface area contributed by atoms with Gasteiger partial charge in [0.1, 0.15) is 5.82 Å². The van der Waals surface area contributed by atoms with Gasteiger partial charge in [0, 0.05) is 33.5 Å². The van der Waals surface area contributed by atoms with Crippen LogP contribution < -0.4 is 5.32 Å². The topological polar surface area (TPSA) is 111 Å². The summed E-state index contributed by atoms with van der Waals surface area (Å²) in [5.74, 6) is -0.239. The Morgan fingerprint density at radius 1 is 1.15 bits per heavy atom. The minimum atomic E-state index is -3.59. The third-order valence-corrected chi connectivity index (χ3v) is 7.61. The van der Waals surface area contributed by atoms with E-state index in [0.29, 0.717) is 29.9 Å². The maximum absolute atomic E-state index is 12.9. The zero-order chi connectivity index (χ0) is 25.1. The number of hydrogen-bond donors (Lipinski definition) is 1. The Balaban J connectivity index is 1.84. The number of ether oxygens (including phenoxy) is 1. The fraction of sp³-hybridized carbons (Fsp3) is 0.375. The molecule has 9 nitrogen and oxygen atoms in total. The van der Waals surface area contributed by atoms with Gasteiger partial charge in [-0.15, -0.1) is 0 Å². The van der Waals surface area contributed by atoms with Gasteiger partial charge in [-0.25, -0.2) is 22.5 Å². The van der Waals surface area contributed by atoms with Crippen LogP contribution in [-0.4, -0.2) is 55.4 Å². The van der Waals surface area contributed by atoms with Crippen LogP contribution >= 0.6 is 0 Å². The SMILES string of the molecule is CCn1c(CCC(=O)N[C@@](C)(C(=O)OC)c2ccccc2)nc2cc(S(=O)(=O)N(C)C)ccc21. The number of rotatable bonds is 9. The van der Waals surface area contributed by atoms with Crippen molar-refractivity contribution in [1.29, 1.82) is 0 Å². The van der Waals surface area contributed by atoms with Crippen LogP contribution in [0.4, 0.5) is 0 Å². The molecule has 34 heavy (non-hydrogen) atoms. The number of methoxy groups -OCH3 is 1. The summed E-state index contributed by atoms with van der Waals surface area (Å²) in [5.41, 5.74) is 0.627. The molecule has 0 saturated carbocycles. The smallest absolute Gasteiger partial charge is 0.336 e. The van der Waals surface area contributed by atoms with Gasteiger partial charge < -0.3 is 14.6 Å². The summed E-state index contributed by atoms with van der Waals surface area (Å²) in [5, 5.41) is 2.81. The highest BCUT2D eigenvalue weighted by Gasteiger charge is 2.37. The molecule has 0 aliphatic rings. The van der Waals surface area contributed by atoms with Crippen molar-refractivity contribution in [1.82, 2.24) is 19.2 Å². The number of hydrogen-bond acceptors (Lipinski definition) is 6. The molecule has 3 rings (SSSR count). The number of sulfonamides is 1. The first-order valence-corrected chi connectivity index (χ1v) is 12.3. The van der Waals surface area contributed by atoms with E-state index >= 15 is 0 Å². The largest absolute Gasteiger partial charge is 0.467 e. The van der Waals surface area contributed by atoms with E-state index in [1.165, 1.54) is 21.2 Å². The van der Waals surface area contributed by atoms with Crippen molar-refractivity contribution >= 4 is 32.9 Å². The molecular weight excluding hydrogens is 456 g/mol. The predicted molar refractivity (Wildman–Crippen MR) is 129 cm³/mol. The number of nitrogens with zero attached hydrogens (tertiary/aromatic N) is 3. The molecule has 0 aliphatic heterocycles. The lowest BCUT2D eigenvalue weighted by Gasteiger charge is -2.28. The highest BCUT2D eigenvalue weighted by molar-refractivity contribution is 7.89. The van der Waals surface area contributed by atoms with Crippen molar-refractivity contribution in [2.24, 2.45) is 0 Å². The van der Waals surface area contributed by atoms with E-state index in [1.54, 1.807) is 49.4 Å². The molecule has 1 amide bonds. The molecule has 0 saturated heterocycles. The van der Waals surface area contributed by atoms with E-state index in [0.717, 1.165) is 9.82 Å². The highest BCUT2D eigenvalue weighted by Crippen LogP contribution is 2.24. The van der Waals surface area contributed by atoms with Crippen molar-refractivity contribution in [2.75, 3.05) is 21.2 Å². The number of amides is 1. The Morgan fingerprint density at radius 2 is 1.82 bits per heavy atom. The van der Waals surface area contributed by atoms with Crippen LogP contribution in [0.5, 0.6) is 0 Å². The molecule has 1 aromatic heterocycles. The van der Waals surface area contributed by atoms with Gasteiger partial charge in [-0.1, -0.05) is 30.3 Å². The third-order valence-electron chi connectivity index (χ3n) is 5.80. The van der Waals surface area contributed by atoms with Crippen LogP contribution in [0.2, 0.25) is 0 Å². The lowest BCUT2D eigenvalue weighted by molar-refractivity contribution is -0.150. The molecule has 0 bridgehead atoms. The second-order valence-corrected chi connectivity index (χ2v) is 10.4. The normalized spacial score (nSPS) is 13.6. The highest BCUT2D eigenvalue weighted by atomic mass is 32.2. The molecule has 1 N–H and O–H groups in total. The number of nitrogens with one attached hydrogen (secondary N) is 1. The fourth-order valence-electron chi connectivity index (χ4n) is 3.86. The number of aryl methyl sites for hydroxylation is 2. The first-order chi connectivity index (χ1) is 16.0. The second-order valence-electron chi connectivity index (χ2n) is 8.24. The van der Waals surface area contributed by atoms with Crippen LogP contribution in [0.15, 0.2) is 53.4 Å². The molecule has 1 atom stereocenters. The minimum Gasteiger partial charge on any atom is -0.467 e. The number of imidazole rings is 1. The third kappa shape index (κ3) is 4.83. The average Bonchev–Trinajstić information content (AvgIpc) is 3.19. The molecule has 0 unspecified atom stereocenters. The van der Waals surface area contributed by atoms with Gasteiger partial charge in [0.05, 0.1) is 23.0 Å². The van der Waals surface area contributed by atoms with E-state index in [1.807, 2.05) is 17.6 Å². The molecular formula is C24H30N4O5S. The number of fused-ring (bicyclic) bond motifs is 1. The molecule has 0 radical (unpaired) electrons. The zero-order valence-corrected chi connectivity index (χ0v) is 20.8. The van der Waals surface area contributed by atoms with Crippen LogP contribution in [0.3, 0.4) is 0 Å². The second kappa shape index (κ2) is 9.94. The van der Waals surface area contributed by atoms with Crippen LogP contribution in [0, 0.1) is 0 Å². The predicted octanol–water partition coefficient (Wildman–Crippen LogP) is 2.44. The molecule has 182 valence electrons. The average molecular weight is 487 g/mol. The summed E-state index contributed by atoms with van der Waals surface area (Å²) >= 11 is 0. The van der Waals surface area contributed by atoms with Crippen LogP contribution in [-0.2, 0) is 42.9 Å². The quantitative estimate of drug-likeness (QED) is 0.465. The first-order valence-electron chi connectivity index (χ1n) is 10.9. The molecule has 2 aromatic carbocycles. The fourth-order valence-corrected chi connectivity index (χ4v) is 4.78. The Bertz CT molecular complexity index is 1300. The number of carbonyl (C=O) groups excluding carboxylic acids is 2. The standard InChI is InChI=1S/C24H30N4O5S/c1-6-28-20-13-12-18(34(31,32)27(3)4)16-19(20)25-21(28)14-15-22(29)26-24(2,23(30)33-5)17-10-8-7-9-11-17/h7-13,16H,6,14-15H2,1-5H3,(H,26,29)/t24-/m1/s1. The monoisotopic (exact) mass is 486 g/mol. The van der Waals surface area contributed by atoms with E-state index in [2.05, 4.69) is 10.3 Å². The molecule has 0 spiro atoms.